The van der Waals surface area contributed by atoms with E-state index in [1.165, 1.54) is 12.7 Å². The van der Waals surface area contributed by atoms with Crippen LogP contribution in [0.3, 0.4) is 0 Å². The second-order valence-corrected chi connectivity index (χ2v) is 8.74. The number of nitrogens with zero attached hydrogens (tertiary/aromatic N) is 3. The second kappa shape index (κ2) is 9.72. The normalized spacial score (nSPS) is 17.3. The van der Waals surface area contributed by atoms with Gasteiger partial charge in [0, 0.05) is 29.5 Å². The van der Waals surface area contributed by atoms with Crippen molar-refractivity contribution < 1.29 is 9.53 Å². The topological polar surface area (TPSA) is 59.4 Å². The van der Waals surface area contributed by atoms with Crippen LogP contribution < -0.4 is 10.2 Å². The number of rotatable bonds is 6. The van der Waals surface area contributed by atoms with Gasteiger partial charge < -0.3 is 19.5 Å². The first-order valence-corrected chi connectivity index (χ1v) is 12.0. The predicted molar refractivity (Wildman–Crippen MR) is 141 cm³/mol. The van der Waals surface area contributed by atoms with Gasteiger partial charge in [0.25, 0.3) is 0 Å². The molecule has 0 radical (unpaired) electrons. The lowest BCUT2D eigenvalue weighted by molar-refractivity contribution is 0.0600. The van der Waals surface area contributed by atoms with Crippen LogP contribution in [0.2, 0.25) is 0 Å². The van der Waals surface area contributed by atoms with Crippen molar-refractivity contribution in [2.75, 3.05) is 12.0 Å². The molecule has 1 fully saturated rings. The lowest BCUT2D eigenvalue weighted by atomic mass is 10.0. The molecule has 4 aromatic rings. The molecule has 0 saturated carbocycles. The van der Waals surface area contributed by atoms with Gasteiger partial charge in [-0.15, -0.1) is 0 Å². The zero-order chi connectivity index (χ0) is 24.4. The number of aromatic nitrogens is 2. The molecule has 5 rings (SSSR count). The fraction of sp³-hybridized carbons (Fsp3) is 0.179. The van der Waals surface area contributed by atoms with Crippen LogP contribution in [0.5, 0.6) is 0 Å². The molecule has 3 heterocycles. The number of hydrogen-bond donors (Lipinski definition) is 1. The lowest BCUT2D eigenvalue weighted by Crippen LogP contribution is -2.30. The summed E-state index contributed by atoms with van der Waals surface area (Å²) in [6.45, 7) is 2.15. The standard InChI is InChI=1S/C28H26N4O2S/c1-3-19-9-13-22(14-10-19)32-26(25(30-28(32)35)23-7-4-5-17-29-23)24-8-6-18-31(24)21-15-11-20(12-16-21)27(33)34-2/h4-18,25-26H,3H2,1-2H3,(H,30,35)/t25-,26+/m1/s1. The lowest BCUT2D eigenvalue weighted by Gasteiger charge is -2.29. The van der Waals surface area contributed by atoms with E-state index in [4.69, 9.17) is 17.0 Å². The molecule has 35 heavy (non-hydrogen) atoms. The molecule has 1 N–H and O–H groups in total. The number of ether oxygens (including phenoxy) is 1. The number of carbonyl (C=O) groups excluding carboxylic acids is 1. The molecule has 0 bridgehead atoms. The molecule has 0 unspecified atom stereocenters. The van der Waals surface area contributed by atoms with Crippen molar-refractivity contribution in [3.63, 3.8) is 0 Å². The Morgan fingerprint density at radius 2 is 1.74 bits per heavy atom. The number of aryl methyl sites for hydroxylation is 1. The first-order valence-electron chi connectivity index (χ1n) is 11.6. The summed E-state index contributed by atoms with van der Waals surface area (Å²) >= 11 is 5.86. The molecule has 6 nitrogen and oxygen atoms in total. The number of hydrogen-bond acceptors (Lipinski definition) is 4. The van der Waals surface area contributed by atoms with Gasteiger partial charge in [-0.25, -0.2) is 4.79 Å². The van der Waals surface area contributed by atoms with Gasteiger partial charge >= 0.3 is 5.97 Å². The zero-order valence-electron chi connectivity index (χ0n) is 19.6. The van der Waals surface area contributed by atoms with Crippen LogP contribution >= 0.6 is 12.2 Å². The maximum absolute atomic E-state index is 11.9. The van der Waals surface area contributed by atoms with Crippen LogP contribution in [-0.4, -0.2) is 27.7 Å². The predicted octanol–water partition coefficient (Wildman–Crippen LogP) is 5.40. The molecule has 7 heteroatoms. The highest BCUT2D eigenvalue weighted by atomic mass is 32.1. The number of nitrogens with one attached hydrogen (secondary N) is 1. The number of benzene rings is 2. The molecule has 1 aliphatic heterocycles. The molecular formula is C28H26N4O2S. The summed E-state index contributed by atoms with van der Waals surface area (Å²) in [5.74, 6) is -0.355. The highest BCUT2D eigenvalue weighted by Gasteiger charge is 2.42. The second-order valence-electron chi connectivity index (χ2n) is 8.36. The van der Waals surface area contributed by atoms with E-state index >= 15 is 0 Å². The third kappa shape index (κ3) is 4.31. The minimum atomic E-state index is -0.355. The Labute approximate surface area is 210 Å². The van der Waals surface area contributed by atoms with Gasteiger partial charge in [-0.2, -0.15) is 0 Å². The van der Waals surface area contributed by atoms with E-state index in [2.05, 4.69) is 57.0 Å². The minimum absolute atomic E-state index is 0.139. The molecule has 1 saturated heterocycles. The van der Waals surface area contributed by atoms with Crippen molar-refractivity contribution in [2.45, 2.75) is 25.4 Å². The van der Waals surface area contributed by atoms with Gasteiger partial charge in [-0.05, 0) is 84.9 Å². The van der Waals surface area contributed by atoms with Gasteiger partial charge in [-0.3, -0.25) is 4.98 Å². The Morgan fingerprint density at radius 1 is 1.00 bits per heavy atom. The van der Waals surface area contributed by atoms with Crippen molar-refractivity contribution in [1.29, 1.82) is 0 Å². The summed E-state index contributed by atoms with van der Waals surface area (Å²) in [6, 6.07) is 25.7. The summed E-state index contributed by atoms with van der Waals surface area (Å²) < 4.78 is 6.97. The average molecular weight is 483 g/mol. The SMILES string of the molecule is CCc1ccc(N2C(=S)N[C@H](c3ccccn3)[C@@H]2c2cccn2-c2ccc(C(=O)OC)cc2)cc1. The zero-order valence-corrected chi connectivity index (χ0v) is 20.4. The van der Waals surface area contributed by atoms with Crippen molar-refractivity contribution in [3.8, 4) is 5.69 Å². The number of carbonyl (C=O) groups is 1. The molecule has 2 aromatic heterocycles. The minimum Gasteiger partial charge on any atom is -0.465 e. The van der Waals surface area contributed by atoms with Crippen LogP contribution in [-0.2, 0) is 11.2 Å². The molecule has 176 valence electrons. The van der Waals surface area contributed by atoms with Crippen LogP contribution in [0.15, 0.2) is 91.3 Å². The molecule has 2 atom stereocenters. The molecule has 0 aliphatic carbocycles. The number of esters is 1. The quantitative estimate of drug-likeness (QED) is 0.293. The highest BCUT2D eigenvalue weighted by Crippen LogP contribution is 2.42. The molecule has 2 aromatic carbocycles. The van der Waals surface area contributed by atoms with Crippen LogP contribution in [0.1, 0.15) is 46.3 Å². The van der Waals surface area contributed by atoms with Gasteiger partial charge in [-0.1, -0.05) is 25.1 Å². The van der Waals surface area contributed by atoms with E-state index in [1.807, 2.05) is 42.6 Å². The van der Waals surface area contributed by atoms with E-state index in [-0.39, 0.29) is 18.1 Å². The smallest absolute Gasteiger partial charge is 0.337 e. The van der Waals surface area contributed by atoms with Crippen molar-refractivity contribution in [1.82, 2.24) is 14.9 Å². The molecule has 0 spiro atoms. The Hall–Kier alpha value is -3.97. The summed E-state index contributed by atoms with van der Waals surface area (Å²) in [5, 5.41) is 4.17. The average Bonchev–Trinajstić information content (AvgIpc) is 3.53. The summed E-state index contributed by atoms with van der Waals surface area (Å²) in [4.78, 5) is 18.7. The third-order valence-corrected chi connectivity index (χ3v) is 6.69. The van der Waals surface area contributed by atoms with Crippen molar-refractivity contribution >= 4 is 29.0 Å². The third-order valence-electron chi connectivity index (χ3n) is 6.37. The summed E-state index contributed by atoms with van der Waals surface area (Å²) in [6.07, 6.45) is 4.81. The molecule has 0 amide bonds. The van der Waals surface area contributed by atoms with Crippen LogP contribution in [0, 0.1) is 0 Å². The van der Waals surface area contributed by atoms with E-state index in [9.17, 15) is 4.79 Å². The van der Waals surface area contributed by atoms with Gasteiger partial charge in [0.15, 0.2) is 5.11 Å². The Morgan fingerprint density at radius 3 is 2.40 bits per heavy atom. The number of methoxy groups -OCH3 is 1. The van der Waals surface area contributed by atoms with E-state index in [0.717, 1.165) is 29.2 Å². The van der Waals surface area contributed by atoms with E-state index in [0.29, 0.717) is 10.7 Å². The molecule has 1 aliphatic rings. The number of pyridine rings is 1. The van der Waals surface area contributed by atoms with E-state index < -0.39 is 0 Å². The largest absolute Gasteiger partial charge is 0.465 e. The van der Waals surface area contributed by atoms with Crippen LogP contribution in [0.4, 0.5) is 5.69 Å². The Balaban J connectivity index is 1.60. The Bertz CT molecular complexity index is 1330. The fourth-order valence-electron chi connectivity index (χ4n) is 4.57. The highest BCUT2D eigenvalue weighted by molar-refractivity contribution is 7.80. The van der Waals surface area contributed by atoms with E-state index in [1.54, 1.807) is 18.3 Å². The van der Waals surface area contributed by atoms with Gasteiger partial charge in [0.1, 0.15) is 6.04 Å². The fourth-order valence-corrected chi connectivity index (χ4v) is 4.92. The van der Waals surface area contributed by atoms with Crippen molar-refractivity contribution in [2.24, 2.45) is 0 Å². The monoisotopic (exact) mass is 482 g/mol. The van der Waals surface area contributed by atoms with Gasteiger partial charge in [0.2, 0.25) is 0 Å². The first kappa shape index (κ1) is 22.8. The van der Waals surface area contributed by atoms with Crippen molar-refractivity contribution in [3.05, 3.63) is 114 Å². The maximum atomic E-state index is 11.9. The number of anilines is 1. The summed E-state index contributed by atoms with van der Waals surface area (Å²) in [7, 11) is 1.38. The summed E-state index contributed by atoms with van der Waals surface area (Å²) in [5.41, 5.74) is 5.73. The number of thiocarbonyl (C=S) groups is 1. The Kier molecular flexibility index (Phi) is 6.33. The van der Waals surface area contributed by atoms with Crippen LogP contribution in [0.25, 0.3) is 5.69 Å². The first-order chi connectivity index (χ1) is 17.1. The molecular weight excluding hydrogens is 456 g/mol. The maximum Gasteiger partial charge on any atom is 0.337 e. The van der Waals surface area contributed by atoms with Gasteiger partial charge in [0.05, 0.1) is 24.4 Å².